The number of piperazine rings is 1. The van der Waals surface area contributed by atoms with Gasteiger partial charge in [0.25, 0.3) is 5.91 Å². The summed E-state index contributed by atoms with van der Waals surface area (Å²) in [6, 6.07) is 8.47. The summed E-state index contributed by atoms with van der Waals surface area (Å²) in [7, 11) is 0. The Hall–Kier alpha value is -2.25. The predicted octanol–water partition coefficient (Wildman–Crippen LogP) is 2.90. The number of hydrogen-bond acceptors (Lipinski definition) is 4. The number of nitrogens with one attached hydrogen (secondary N) is 1. The first-order valence-corrected chi connectivity index (χ1v) is 9.38. The van der Waals surface area contributed by atoms with Crippen LogP contribution in [0, 0.1) is 19.7 Å². The first kappa shape index (κ1) is 18.5. The molecule has 2 aromatic rings. The number of aryl methyl sites for hydroxylation is 2. The van der Waals surface area contributed by atoms with Crippen molar-refractivity contribution in [2.24, 2.45) is 0 Å². The smallest absolute Gasteiger partial charge is 0.264 e. The highest BCUT2D eigenvalue weighted by atomic mass is 32.1. The largest absolute Gasteiger partial charge is 0.335 e. The summed E-state index contributed by atoms with van der Waals surface area (Å²) in [5.74, 6) is -0.456. The van der Waals surface area contributed by atoms with Crippen LogP contribution < -0.4 is 5.32 Å². The highest BCUT2D eigenvalue weighted by molar-refractivity contribution is 7.13. The van der Waals surface area contributed by atoms with Gasteiger partial charge in [-0.3, -0.25) is 14.5 Å². The van der Waals surface area contributed by atoms with Gasteiger partial charge in [0.2, 0.25) is 5.91 Å². The van der Waals surface area contributed by atoms with Gasteiger partial charge in [-0.05, 0) is 43.7 Å². The van der Waals surface area contributed by atoms with Gasteiger partial charge in [0.15, 0.2) is 0 Å². The molecule has 0 aliphatic carbocycles. The maximum absolute atomic E-state index is 13.6. The quantitative estimate of drug-likeness (QED) is 0.894. The van der Waals surface area contributed by atoms with Crippen molar-refractivity contribution in [1.29, 1.82) is 0 Å². The van der Waals surface area contributed by atoms with Gasteiger partial charge in [-0.2, -0.15) is 0 Å². The summed E-state index contributed by atoms with van der Waals surface area (Å²) in [6.45, 7) is 6.38. The van der Waals surface area contributed by atoms with Crippen molar-refractivity contribution in [3.05, 3.63) is 51.5 Å². The lowest BCUT2D eigenvalue weighted by Gasteiger charge is -2.34. The predicted molar refractivity (Wildman–Crippen MR) is 101 cm³/mol. The Morgan fingerprint density at radius 3 is 2.46 bits per heavy atom. The second kappa shape index (κ2) is 7.97. The van der Waals surface area contributed by atoms with Gasteiger partial charge >= 0.3 is 0 Å². The minimum absolute atomic E-state index is 0.0577. The van der Waals surface area contributed by atoms with E-state index in [1.165, 1.54) is 17.4 Å². The molecule has 1 saturated heterocycles. The molecule has 1 N–H and O–H groups in total. The Kier molecular flexibility index (Phi) is 5.68. The molecule has 0 unspecified atom stereocenters. The number of carbonyl (C=O) groups excluding carboxylic acids is 2. The average molecular weight is 375 g/mol. The van der Waals surface area contributed by atoms with Crippen LogP contribution >= 0.6 is 11.3 Å². The highest BCUT2D eigenvalue weighted by Crippen LogP contribution is 2.18. The maximum Gasteiger partial charge on any atom is 0.264 e. The molecule has 1 aliphatic rings. The van der Waals surface area contributed by atoms with E-state index in [0.29, 0.717) is 37.4 Å². The Labute approximate surface area is 156 Å². The number of carbonyl (C=O) groups is 2. The average Bonchev–Trinajstić information content (AvgIpc) is 3.04. The second-order valence-corrected chi connectivity index (χ2v) is 7.78. The normalized spacial score (nSPS) is 15.1. The zero-order valence-corrected chi connectivity index (χ0v) is 15.7. The Bertz CT molecular complexity index is 813. The summed E-state index contributed by atoms with van der Waals surface area (Å²) in [5, 5.41) is 2.72. The van der Waals surface area contributed by atoms with Gasteiger partial charge in [-0.15, -0.1) is 11.3 Å². The van der Waals surface area contributed by atoms with Crippen molar-refractivity contribution in [2.75, 3.05) is 38.0 Å². The molecule has 0 atom stereocenters. The summed E-state index contributed by atoms with van der Waals surface area (Å²) in [5.41, 5.74) is 1.00. The molecule has 1 fully saturated rings. The zero-order chi connectivity index (χ0) is 18.7. The number of halogens is 1. The molecule has 7 heteroatoms. The van der Waals surface area contributed by atoms with Gasteiger partial charge in [0, 0.05) is 36.7 Å². The molecule has 2 heterocycles. The van der Waals surface area contributed by atoms with Gasteiger partial charge in [-0.25, -0.2) is 4.39 Å². The number of amides is 2. The van der Waals surface area contributed by atoms with Crippen LogP contribution in [0.4, 0.5) is 10.1 Å². The number of benzene rings is 1. The third-order valence-corrected chi connectivity index (χ3v) is 5.42. The van der Waals surface area contributed by atoms with Crippen LogP contribution in [-0.4, -0.2) is 54.3 Å². The van der Waals surface area contributed by atoms with Crippen LogP contribution in [-0.2, 0) is 4.79 Å². The SMILES string of the molecule is Cc1ccc(C(=O)N2CCN(CC(=O)Nc3ccc(C)c(F)c3)CC2)s1. The van der Waals surface area contributed by atoms with E-state index in [4.69, 9.17) is 0 Å². The summed E-state index contributed by atoms with van der Waals surface area (Å²) in [4.78, 5) is 30.3. The van der Waals surface area contributed by atoms with E-state index in [1.54, 1.807) is 19.1 Å². The topological polar surface area (TPSA) is 52.7 Å². The molecule has 0 bridgehead atoms. The highest BCUT2D eigenvalue weighted by Gasteiger charge is 2.24. The second-order valence-electron chi connectivity index (χ2n) is 6.49. The van der Waals surface area contributed by atoms with E-state index in [2.05, 4.69) is 5.32 Å². The van der Waals surface area contributed by atoms with E-state index < -0.39 is 0 Å². The monoisotopic (exact) mass is 375 g/mol. The number of nitrogens with zero attached hydrogens (tertiary/aromatic N) is 2. The van der Waals surface area contributed by atoms with Gasteiger partial charge in [0.05, 0.1) is 11.4 Å². The molecule has 2 amide bonds. The minimum Gasteiger partial charge on any atom is -0.335 e. The van der Waals surface area contributed by atoms with Crippen molar-refractivity contribution < 1.29 is 14.0 Å². The Morgan fingerprint density at radius 2 is 1.85 bits per heavy atom. The molecule has 1 aromatic heterocycles. The van der Waals surface area contributed by atoms with E-state index in [1.807, 2.05) is 28.9 Å². The van der Waals surface area contributed by atoms with Crippen molar-refractivity contribution in [3.63, 3.8) is 0 Å². The van der Waals surface area contributed by atoms with Crippen LogP contribution in [0.5, 0.6) is 0 Å². The summed E-state index contributed by atoms with van der Waals surface area (Å²) in [6.07, 6.45) is 0. The first-order chi connectivity index (χ1) is 12.4. The van der Waals surface area contributed by atoms with E-state index in [9.17, 15) is 14.0 Å². The third kappa shape index (κ3) is 4.47. The fraction of sp³-hybridized carbons (Fsp3) is 0.368. The van der Waals surface area contributed by atoms with Crippen molar-refractivity contribution in [3.8, 4) is 0 Å². The van der Waals surface area contributed by atoms with Crippen molar-refractivity contribution in [2.45, 2.75) is 13.8 Å². The van der Waals surface area contributed by atoms with Crippen LogP contribution in [0.25, 0.3) is 0 Å². The molecule has 0 radical (unpaired) electrons. The lowest BCUT2D eigenvalue weighted by molar-refractivity contribution is -0.117. The van der Waals surface area contributed by atoms with Crippen LogP contribution in [0.3, 0.4) is 0 Å². The summed E-state index contributed by atoms with van der Waals surface area (Å²) < 4.78 is 13.6. The van der Waals surface area contributed by atoms with Crippen LogP contribution in [0.15, 0.2) is 30.3 Å². The maximum atomic E-state index is 13.6. The molecule has 1 aromatic carbocycles. The Morgan fingerprint density at radius 1 is 1.12 bits per heavy atom. The van der Waals surface area contributed by atoms with E-state index in [-0.39, 0.29) is 24.2 Å². The van der Waals surface area contributed by atoms with E-state index in [0.717, 1.165) is 9.75 Å². The standard InChI is InChI=1S/C19H22FN3O2S/c1-13-3-5-15(11-16(13)20)21-18(24)12-22-7-9-23(10-8-22)19(25)17-6-4-14(2)26-17/h3-6,11H,7-10,12H2,1-2H3,(H,21,24). The molecule has 138 valence electrons. The lowest BCUT2D eigenvalue weighted by Crippen LogP contribution is -2.50. The van der Waals surface area contributed by atoms with Crippen molar-refractivity contribution >= 4 is 28.8 Å². The van der Waals surface area contributed by atoms with Gasteiger partial charge < -0.3 is 10.2 Å². The molecule has 0 saturated carbocycles. The first-order valence-electron chi connectivity index (χ1n) is 8.56. The molecular formula is C19H22FN3O2S. The van der Waals surface area contributed by atoms with Crippen molar-refractivity contribution in [1.82, 2.24) is 9.80 Å². The molecular weight excluding hydrogens is 353 g/mol. The fourth-order valence-electron chi connectivity index (χ4n) is 2.89. The minimum atomic E-state index is -0.334. The molecule has 1 aliphatic heterocycles. The number of anilines is 1. The Balaban J connectivity index is 1.48. The lowest BCUT2D eigenvalue weighted by atomic mass is 10.2. The van der Waals surface area contributed by atoms with Crippen LogP contribution in [0.1, 0.15) is 20.1 Å². The van der Waals surface area contributed by atoms with E-state index >= 15 is 0 Å². The molecule has 5 nitrogen and oxygen atoms in total. The molecule has 0 spiro atoms. The van der Waals surface area contributed by atoms with Gasteiger partial charge in [0.1, 0.15) is 5.82 Å². The summed E-state index contributed by atoms with van der Waals surface area (Å²) >= 11 is 1.50. The molecule has 26 heavy (non-hydrogen) atoms. The van der Waals surface area contributed by atoms with Crippen LogP contribution in [0.2, 0.25) is 0 Å². The number of rotatable bonds is 4. The van der Waals surface area contributed by atoms with Gasteiger partial charge in [-0.1, -0.05) is 6.07 Å². The molecule has 3 rings (SSSR count). The number of thiophene rings is 1. The fourth-order valence-corrected chi connectivity index (χ4v) is 3.72. The third-order valence-electron chi connectivity index (χ3n) is 4.43. The zero-order valence-electron chi connectivity index (χ0n) is 14.9. The number of hydrogen-bond donors (Lipinski definition) is 1.